The largest absolute Gasteiger partial charge is 0.487 e. The molecule has 1 N–H and O–H groups in total. The molecule has 0 radical (unpaired) electrons. The zero-order chi connectivity index (χ0) is 22.0. The first-order valence-corrected chi connectivity index (χ1v) is 12.0. The third kappa shape index (κ3) is 4.14. The SMILES string of the molecule is Cc1ccc(-c2cccc3c2OC(CNC(=O)C2(N4CCOCC4)CCCCC2)C3)nc1. The number of morpholine rings is 1. The van der Waals surface area contributed by atoms with Crippen LogP contribution >= 0.6 is 0 Å². The number of aromatic nitrogens is 1. The lowest BCUT2D eigenvalue weighted by atomic mass is 9.79. The number of benzene rings is 1. The summed E-state index contributed by atoms with van der Waals surface area (Å²) in [6.45, 7) is 5.67. The minimum Gasteiger partial charge on any atom is -0.487 e. The van der Waals surface area contributed by atoms with Crippen molar-refractivity contribution in [3.05, 3.63) is 47.7 Å². The molecule has 32 heavy (non-hydrogen) atoms. The maximum atomic E-state index is 13.5. The molecular weight excluding hydrogens is 402 g/mol. The van der Waals surface area contributed by atoms with Gasteiger partial charge in [-0.3, -0.25) is 14.7 Å². The maximum absolute atomic E-state index is 13.5. The van der Waals surface area contributed by atoms with E-state index in [1.165, 1.54) is 12.0 Å². The van der Waals surface area contributed by atoms with E-state index in [9.17, 15) is 4.79 Å². The Hall–Kier alpha value is -2.44. The van der Waals surface area contributed by atoms with Crippen molar-refractivity contribution in [2.75, 3.05) is 32.8 Å². The molecular formula is C26H33N3O3. The van der Waals surface area contributed by atoms with Crippen molar-refractivity contribution in [3.63, 3.8) is 0 Å². The number of nitrogens with zero attached hydrogens (tertiary/aromatic N) is 2. The normalized spacial score (nSPS) is 22.7. The number of hydrogen-bond donors (Lipinski definition) is 1. The zero-order valence-electron chi connectivity index (χ0n) is 18.9. The first kappa shape index (κ1) is 21.4. The van der Waals surface area contributed by atoms with E-state index in [-0.39, 0.29) is 17.6 Å². The van der Waals surface area contributed by atoms with Gasteiger partial charge in [0.05, 0.1) is 25.5 Å². The van der Waals surface area contributed by atoms with Gasteiger partial charge in [0.1, 0.15) is 17.4 Å². The summed E-state index contributed by atoms with van der Waals surface area (Å²) < 4.78 is 11.9. The van der Waals surface area contributed by atoms with E-state index in [0.717, 1.165) is 67.8 Å². The number of rotatable bonds is 5. The number of carbonyl (C=O) groups excluding carboxylic acids is 1. The monoisotopic (exact) mass is 435 g/mol. The van der Waals surface area contributed by atoms with Crippen LogP contribution in [-0.2, 0) is 16.0 Å². The van der Waals surface area contributed by atoms with Gasteiger partial charge < -0.3 is 14.8 Å². The molecule has 5 rings (SSSR count). The molecule has 170 valence electrons. The van der Waals surface area contributed by atoms with E-state index in [1.807, 2.05) is 19.2 Å². The summed E-state index contributed by atoms with van der Waals surface area (Å²) in [6.07, 6.45) is 7.96. The molecule has 1 saturated heterocycles. The highest BCUT2D eigenvalue weighted by molar-refractivity contribution is 5.86. The molecule has 6 heteroatoms. The third-order valence-corrected chi connectivity index (χ3v) is 7.23. The number of amides is 1. The first-order chi connectivity index (χ1) is 15.7. The number of nitrogens with one attached hydrogen (secondary N) is 1. The van der Waals surface area contributed by atoms with Crippen molar-refractivity contribution in [2.24, 2.45) is 0 Å². The second-order valence-corrected chi connectivity index (χ2v) is 9.36. The van der Waals surface area contributed by atoms with Crippen LogP contribution in [0.2, 0.25) is 0 Å². The minimum absolute atomic E-state index is 0.0501. The quantitative estimate of drug-likeness (QED) is 0.779. The second-order valence-electron chi connectivity index (χ2n) is 9.36. The first-order valence-electron chi connectivity index (χ1n) is 12.0. The summed E-state index contributed by atoms with van der Waals surface area (Å²) in [5.74, 6) is 1.07. The highest BCUT2D eigenvalue weighted by Gasteiger charge is 2.45. The molecule has 2 aliphatic heterocycles. The molecule has 6 nitrogen and oxygen atoms in total. The molecule has 2 aromatic rings. The molecule has 1 aliphatic carbocycles. The van der Waals surface area contributed by atoms with Gasteiger partial charge >= 0.3 is 0 Å². The van der Waals surface area contributed by atoms with Crippen molar-refractivity contribution >= 4 is 5.91 Å². The van der Waals surface area contributed by atoms with Crippen LogP contribution in [0.25, 0.3) is 11.3 Å². The van der Waals surface area contributed by atoms with Crippen molar-refractivity contribution in [2.45, 2.75) is 57.1 Å². The standard InChI is InChI=1S/C26H33N3O3/c1-19-8-9-23(27-17-19)22-7-5-6-20-16-21(32-24(20)22)18-28-25(30)26(10-3-2-4-11-26)29-12-14-31-15-13-29/h5-9,17,21H,2-4,10-16,18H2,1H3,(H,28,30). The number of ether oxygens (including phenoxy) is 2. The van der Waals surface area contributed by atoms with Crippen LogP contribution in [0.4, 0.5) is 0 Å². The lowest BCUT2D eigenvalue weighted by Gasteiger charge is -2.46. The molecule has 2 fully saturated rings. The topological polar surface area (TPSA) is 63.7 Å². The summed E-state index contributed by atoms with van der Waals surface area (Å²) in [5, 5.41) is 3.27. The highest BCUT2D eigenvalue weighted by atomic mass is 16.5. The average Bonchev–Trinajstić information content (AvgIpc) is 3.27. The van der Waals surface area contributed by atoms with E-state index in [1.54, 1.807) is 0 Å². The van der Waals surface area contributed by atoms with Gasteiger partial charge in [0, 0.05) is 31.3 Å². The van der Waals surface area contributed by atoms with Crippen molar-refractivity contribution in [3.8, 4) is 17.0 Å². The molecule has 1 unspecified atom stereocenters. The van der Waals surface area contributed by atoms with E-state index in [4.69, 9.17) is 9.47 Å². The Morgan fingerprint density at radius 2 is 1.97 bits per heavy atom. The fraction of sp³-hybridized carbons (Fsp3) is 0.538. The van der Waals surface area contributed by atoms with Gasteiger partial charge in [0.2, 0.25) is 5.91 Å². The Bertz CT molecular complexity index is 947. The van der Waals surface area contributed by atoms with Gasteiger partial charge in [0.15, 0.2) is 0 Å². The molecule has 1 aromatic carbocycles. The van der Waals surface area contributed by atoms with Crippen molar-refractivity contribution in [1.82, 2.24) is 15.2 Å². The number of pyridine rings is 1. The van der Waals surface area contributed by atoms with Crippen LogP contribution in [0, 0.1) is 6.92 Å². The Kier molecular flexibility index (Phi) is 6.15. The molecule has 1 amide bonds. The molecule has 0 bridgehead atoms. The van der Waals surface area contributed by atoms with Gasteiger partial charge in [-0.25, -0.2) is 0 Å². The smallest absolute Gasteiger partial charge is 0.240 e. The fourth-order valence-electron chi connectivity index (χ4n) is 5.47. The molecule has 3 heterocycles. The summed E-state index contributed by atoms with van der Waals surface area (Å²) >= 11 is 0. The van der Waals surface area contributed by atoms with E-state index in [2.05, 4.69) is 39.5 Å². The Balaban J connectivity index is 1.27. The number of carbonyl (C=O) groups is 1. The molecule has 1 saturated carbocycles. The number of fused-ring (bicyclic) bond motifs is 1. The Morgan fingerprint density at radius 3 is 2.72 bits per heavy atom. The van der Waals surface area contributed by atoms with Crippen LogP contribution in [0.5, 0.6) is 5.75 Å². The van der Waals surface area contributed by atoms with Gasteiger partial charge in [-0.05, 0) is 43.0 Å². The predicted octanol–water partition coefficient (Wildman–Crippen LogP) is 3.51. The lowest BCUT2D eigenvalue weighted by Crippen LogP contribution is -2.62. The van der Waals surface area contributed by atoms with Crippen LogP contribution in [0.1, 0.15) is 43.2 Å². The summed E-state index contributed by atoms with van der Waals surface area (Å²) in [4.78, 5) is 20.5. The number of aryl methyl sites for hydroxylation is 1. The van der Waals surface area contributed by atoms with Crippen LogP contribution in [0.15, 0.2) is 36.5 Å². The number of para-hydroxylation sites is 1. The van der Waals surface area contributed by atoms with Crippen LogP contribution in [0.3, 0.4) is 0 Å². The number of hydrogen-bond acceptors (Lipinski definition) is 5. The Morgan fingerprint density at radius 1 is 1.16 bits per heavy atom. The van der Waals surface area contributed by atoms with E-state index < -0.39 is 0 Å². The zero-order valence-corrected chi connectivity index (χ0v) is 18.9. The predicted molar refractivity (Wildman–Crippen MR) is 124 cm³/mol. The minimum atomic E-state index is -0.384. The van der Waals surface area contributed by atoms with E-state index >= 15 is 0 Å². The van der Waals surface area contributed by atoms with E-state index in [0.29, 0.717) is 19.8 Å². The van der Waals surface area contributed by atoms with Gasteiger partial charge in [-0.2, -0.15) is 0 Å². The molecule has 1 aromatic heterocycles. The summed E-state index contributed by atoms with van der Waals surface area (Å²) in [6, 6.07) is 10.4. The molecule has 3 aliphatic rings. The second kappa shape index (κ2) is 9.20. The highest BCUT2D eigenvalue weighted by Crippen LogP contribution is 2.38. The van der Waals surface area contributed by atoms with Crippen LogP contribution in [-0.4, -0.2) is 60.3 Å². The maximum Gasteiger partial charge on any atom is 0.240 e. The van der Waals surface area contributed by atoms with Crippen molar-refractivity contribution in [1.29, 1.82) is 0 Å². The summed E-state index contributed by atoms with van der Waals surface area (Å²) in [7, 11) is 0. The van der Waals surface area contributed by atoms with Gasteiger partial charge in [-0.15, -0.1) is 0 Å². The Labute approximate surface area is 190 Å². The lowest BCUT2D eigenvalue weighted by molar-refractivity contribution is -0.140. The average molecular weight is 436 g/mol. The van der Waals surface area contributed by atoms with Crippen LogP contribution < -0.4 is 10.1 Å². The van der Waals surface area contributed by atoms with Crippen molar-refractivity contribution < 1.29 is 14.3 Å². The molecule has 0 spiro atoms. The summed E-state index contributed by atoms with van der Waals surface area (Å²) in [5.41, 5.74) is 3.88. The van der Waals surface area contributed by atoms with Gasteiger partial charge in [-0.1, -0.05) is 37.5 Å². The third-order valence-electron chi connectivity index (χ3n) is 7.23. The molecule has 1 atom stereocenters. The van der Waals surface area contributed by atoms with Gasteiger partial charge in [0.25, 0.3) is 0 Å². The fourth-order valence-corrected chi connectivity index (χ4v) is 5.47.